The molecule has 2 N–H and O–H groups in total. The molecule has 0 radical (unpaired) electrons. The van der Waals surface area contributed by atoms with Crippen LogP contribution in [0.15, 0.2) is 71.4 Å². The van der Waals surface area contributed by atoms with Gasteiger partial charge in [0.05, 0.1) is 42.7 Å². The summed E-state index contributed by atoms with van der Waals surface area (Å²) < 4.78 is 30.7. The maximum Gasteiger partial charge on any atom is 0.334 e. The lowest BCUT2D eigenvalue weighted by Gasteiger charge is -2.52. The van der Waals surface area contributed by atoms with Crippen LogP contribution < -0.4 is 16.0 Å². The normalized spacial score (nSPS) is 16.6. The Kier molecular flexibility index (Phi) is 11.5. The highest BCUT2D eigenvalue weighted by Crippen LogP contribution is 2.54. The van der Waals surface area contributed by atoms with E-state index in [9.17, 15) is 9.30 Å². The minimum Gasteiger partial charge on any atom is -0.349 e. The highest BCUT2D eigenvalue weighted by atomic mass is 35.5. The zero-order valence-electron chi connectivity index (χ0n) is 25.9. The SMILES string of the molecule is C=CCCc1nc(-c2cccc(N[N+](=O)c3c(F)cccc3P)c2F)c(C(=C\CCC)/C(Cl)=C\NC(C)=NC2CC3(CSC3)C2)s1. The van der Waals surface area contributed by atoms with Gasteiger partial charge in [-0.15, -0.1) is 23.3 Å². The van der Waals surface area contributed by atoms with Gasteiger partial charge < -0.3 is 5.32 Å². The summed E-state index contributed by atoms with van der Waals surface area (Å²) in [6.07, 6.45) is 10.9. The minimum absolute atomic E-state index is 0.112. The number of hydrogen-bond donors (Lipinski definition) is 2. The van der Waals surface area contributed by atoms with E-state index in [0.717, 1.165) is 42.1 Å². The lowest BCUT2D eigenvalue weighted by Crippen LogP contribution is -2.49. The van der Waals surface area contributed by atoms with E-state index in [0.29, 0.717) is 45.2 Å². The van der Waals surface area contributed by atoms with Gasteiger partial charge in [0.15, 0.2) is 10.7 Å². The van der Waals surface area contributed by atoms with E-state index in [4.69, 9.17) is 21.6 Å². The average Bonchev–Trinajstić information content (AvgIpc) is 3.40. The lowest BCUT2D eigenvalue weighted by molar-refractivity contribution is -0.429. The number of thioether (sulfide) groups is 1. The van der Waals surface area contributed by atoms with E-state index in [2.05, 4.69) is 33.5 Å². The maximum atomic E-state index is 16.2. The maximum absolute atomic E-state index is 16.2. The summed E-state index contributed by atoms with van der Waals surface area (Å²) >= 11 is 10.4. The molecule has 1 saturated carbocycles. The first kappa shape index (κ1) is 34.4. The van der Waals surface area contributed by atoms with Gasteiger partial charge in [-0.25, -0.2) is 9.37 Å². The number of benzene rings is 2. The van der Waals surface area contributed by atoms with E-state index >= 15 is 4.39 Å². The van der Waals surface area contributed by atoms with Crippen molar-refractivity contribution in [2.75, 3.05) is 16.9 Å². The van der Waals surface area contributed by atoms with Gasteiger partial charge in [0.25, 0.3) is 0 Å². The molecule has 1 aromatic heterocycles. The summed E-state index contributed by atoms with van der Waals surface area (Å²) in [4.78, 5) is 23.6. The lowest BCUT2D eigenvalue weighted by atomic mass is 9.67. The van der Waals surface area contributed by atoms with E-state index < -0.39 is 11.6 Å². The third-order valence-corrected chi connectivity index (χ3v) is 11.6. The molecule has 2 aromatic carbocycles. The number of halogens is 3. The van der Waals surface area contributed by atoms with Gasteiger partial charge in [0, 0.05) is 23.8 Å². The van der Waals surface area contributed by atoms with Crippen LogP contribution in [0.25, 0.3) is 16.8 Å². The Morgan fingerprint density at radius 2 is 2.00 bits per heavy atom. The molecule has 0 amide bonds. The van der Waals surface area contributed by atoms with Crippen LogP contribution in [0.3, 0.4) is 0 Å². The van der Waals surface area contributed by atoms with Gasteiger partial charge in [-0.3, -0.25) is 4.99 Å². The van der Waals surface area contributed by atoms with Gasteiger partial charge in [-0.05, 0) is 73.8 Å². The van der Waals surface area contributed by atoms with Gasteiger partial charge in [0.2, 0.25) is 5.82 Å². The highest BCUT2D eigenvalue weighted by Gasteiger charge is 2.48. The van der Waals surface area contributed by atoms with Crippen molar-refractivity contribution in [3.05, 3.63) is 92.8 Å². The first-order valence-electron chi connectivity index (χ1n) is 15.3. The number of rotatable bonds is 13. The number of nitrogens with zero attached hydrogens (tertiary/aromatic N) is 3. The van der Waals surface area contributed by atoms with Gasteiger partial charge in [-0.1, -0.05) is 58.5 Å². The van der Waals surface area contributed by atoms with Crippen molar-refractivity contribution in [2.24, 2.45) is 10.4 Å². The van der Waals surface area contributed by atoms with Crippen LogP contribution in [0.2, 0.25) is 0 Å². The van der Waals surface area contributed by atoms with Crippen molar-refractivity contribution >= 4 is 72.0 Å². The topological polar surface area (TPSA) is 69.4 Å². The third kappa shape index (κ3) is 7.79. The third-order valence-electron chi connectivity index (χ3n) is 8.01. The number of thiazole rings is 1. The summed E-state index contributed by atoms with van der Waals surface area (Å²) in [7, 11) is 2.32. The van der Waals surface area contributed by atoms with Crippen LogP contribution >= 0.6 is 43.9 Å². The fraction of sp³-hybridized carbons (Fsp3) is 0.353. The molecule has 2 heterocycles. The second-order valence-electron chi connectivity index (χ2n) is 11.7. The van der Waals surface area contributed by atoms with Crippen molar-refractivity contribution in [3.8, 4) is 11.3 Å². The zero-order chi connectivity index (χ0) is 32.8. The summed E-state index contributed by atoms with van der Waals surface area (Å²) in [5.74, 6) is 1.87. The van der Waals surface area contributed by atoms with Crippen molar-refractivity contribution in [1.82, 2.24) is 10.3 Å². The number of para-hydroxylation sites is 1. The van der Waals surface area contributed by atoms with Gasteiger partial charge >= 0.3 is 5.69 Å². The number of nitrogens with one attached hydrogen (secondary N) is 2. The summed E-state index contributed by atoms with van der Waals surface area (Å²) in [6.45, 7) is 7.85. The van der Waals surface area contributed by atoms with Crippen LogP contribution in [0.5, 0.6) is 0 Å². The molecule has 5 rings (SSSR count). The zero-order valence-corrected chi connectivity index (χ0v) is 29.5. The Balaban J connectivity index is 1.46. The molecule has 2 aliphatic rings. The smallest absolute Gasteiger partial charge is 0.334 e. The molecular formula is C34H38ClF2N5OPS2+. The monoisotopic (exact) mass is 700 g/mol. The number of aryl methyl sites for hydroxylation is 1. The standard InChI is InChI=1S/C34H38ClF2N5OPS2/c1-4-6-10-23(25(35)18-38-21(3)39-22-16-34(17-22)19-45-20-34)33-31(40-29(46-33)15-7-5-2)24-11-8-13-27(30(24)37)41-42(43)32-26(36)12-9-14-28(32)44/h5,8-14,18,22H,2,4,6-7,15-17,19-20,44H2,1,3H3,(H,38,39)(H,41,43)/q+1/b23-10-,25-18+. The molecule has 1 spiro atoms. The number of anilines is 1. The molecule has 1 aliphatic heterocycles. The Hall–Kier alpha value is -2.91. The quantitative estimate of drug-likeness (QED) is 0.0354. The minimum atomic E-state index is -0.727. The van der Waals surface area contributed by atoms with Crippen molar-refractivity contribution < 1.29 is 13.6 Å². The molecule has 1 saturated heterocycles. The van der Waals surface area contributed by atoms with E-state index in [1.165, 1.54) is 41.0 Å². The molecule has 1 aliphatic carbocycles. The van der Waals surface area contributed by atoms with Gasteiger partial charge in [-0.2, -0.15) is 16.2 Å². The van der Waals surface area contributed by atoms with Crippen LogP contribution in [-0.4, -0.2) is 33.2 Å². The average molecular weight is 701 g/mol. The number of unbranched alkanes of at least 4 members (excludes halogenated alkanes) is 1. The van der Waals surface area contributed by atoms with Crippen LogP contribution in [0.1, 0.15) is 55.8 Å². The van der Waals surface area contributed by atoms with E-state index in [1.807, 2.05) is 30.8 Å². The van der Waals surface area contributed by atoms with Crippen LogP contribution in [0, 0.1) is 22.0 Å². The number of aromatic nitrogens is 1. The molecule has 2 fully saturated rings. The number of aliphatic imine (C=N–C) groups is 1. The van der Waals surface area contributed by atoms with E-state index in [1.54, 1.807) is 24.4 Å². The first-order valence-corrected chi connectivity index (χ1v) is 18.2. The number of hydrogen-bond acceptors (Lipinski definition) is 5. The summed E-state index contributed by atoms with van der Waals surface area (Å²) in [6, 6.07) is 9.26. The number of hydrazine groups is 1. The van der Waals surface area contributed by atoms with E-state index in [-0.39, 0.29) is 21.8 Å². The fourth-order valence-electron chi connectivity index (χ4n) is 5.58. The molecule has 0 bridgehead atoms. The molecular weight excluding hydrogens is 663 g/mol. The van der Waals surface area contributed by atoms with Gasteiger partial charge in [0.1, 0.15) is 5.69 Å². The van der Waals surface area contributed by atoms with Crippen molar-refractivity contribution in [3.63, 3.8) is 0 Å². The predicted molar refractivity (Wildman–Crippen MR) is 195 cm³/mol. The molecule has 1 atom stereocenters. The molecule has 1 unspecified atom stereocenters. The second kappa shape index (κ2) is 15.3. The molecule has 242 valence electrons. The predicted octanol–water partition coefficient (Wildman–Crippen LogP) is 9.31. The van der Waals surface area contributed by atoms with Crippen molar-refractivity contribution in [2.45, 2.75) is 58.4 Å². The Bertz CT molecular complexity index is 1690. The fourth-order valence-corrected chi connectivity index (χ4v) is 8.63. The first-order chi connectivity index (χ1) is 22.1. The number of nitroso groups, excluding NO2 is 1. The van der Waals surface area contributed by atoms with Crippen LogP contribution in [0.4, 0.5) is 20.2 Å². The Morgan fingerprint density at radius 1 is 1.24 bits per heavy atom. The second-order valence-corrected chi connectivity index (χ2v) is 14.8. The number of allylic oxidation sites excluding steroid dienone is 4. The Labute approximate surface area is 284 Å². The summed E-state index contributed by atoms with van der Waals surface area (Å²) in [5.41, 5.74) is 3.97. The molecule has 6 nitrogen and oxygen atoms in total. The summed E-state index contributed by atoms with van der Waals surface area (Å²) in [5, 5.41) is 4.86. The largest absolute Gasteiger partial charge is 0.349 e. The molecule has 46 heavy (non-hydrogen) atoms. The Morgan fingerprint density at radius 3 is 2.67 bits per heavy atom. The van der Waals surface area contributed by atoms with Crippen molar-refractivity contribution in [1.29, 1.82) is 0 Å². The number of amidine groups is 1. The molecule has 12 heteroatoms. The van der Waals surface area contributed by atoms with Crippen LogP contribution in [-0.2, 0) is 6.42 Å². The highest BCUT2D eigenvalue weighted by molar-refractivity contribution is 8.00. The molecule has 3 aromatic rings.